The van der Waals surface area contributed by atoms with Crippen LogP contribution < -0.4 is 0 Å². The number of aromatic nitrogens is 1. The number of nitrogens with zero attached hydrogens (tertiary/aromatic N) is 2. The molecule has 1 unspecified atom stereocenters. The van der Waals surface area contributed by atoms with Crippen LogP contribution in [0.5, 0.6) is 0 Å². The summed E-state index contributed by atoms with van der Waals surface area (Å²) in [6.45, 7) is 0.785. The van der Waals surface area contributed by atoms with Gasteiger partial charge in [-0.25, -0.2) is 4.98 Å². The largest absolute Gasteiger partial charge is 0.438 e. The summed E-state index contributed by atoms with van der Waals surface area (Å²) < 4.78 is 5.42. The van der Waals surface area contributed by atoms with Crippen molar-refractivity contribution in [2.75, 3.05) is 6.54 Å². The van der Waals surface area contributed by atoms with Crippen LogP contribution in [0.15, 0.2) is 47.2 Å². The van der Waals surface area contributed by atoms with Crippen molar-refractivity contribution in [3.63, 3.8) is 0 Å². The van der Waals surface area contributed by atoms with Gasteiger partial charge in [-0.15, -0.1) is 0 Å². The number of rotatable bonds is 4. The Morgan fingerprint density at radius 2 is 2.04 bits per heavy atom. The maximum absolute atomic E-state index is 12.8. The Morgan fingerprint density at radius 3 is 2.83 bits per heavy atom. The van der Waals surface area contributed by atoms with Crippen molar-refractivity contribution in [3.05, 3.63) is 59.8 Å². The standard InChI is InChI=1S/C19H20N2O2/c22-19(18-17(15-9-10-15)20-13-23-18)21-12-4-7-16(21)11-8-14-5-2-1-3-6-14/h1-3,5-6,8,11,13,15-16H,4,7,9-10,12H2/b11-8+. The zero-order chi connectivity index (χ0) is 15.6. The van der Waals surface area contributed by atoms with Crippen LogP contribution >= 0.6 is 0 Å². The second kappa shape index (κ2) is 6.03. The van der Waals surface area contributed by atoms with Gasteiger partial charge in [0.15, 0.2) is 6.39 Å². The molecule has 1 aromatic carbocycles. The summed E-state index contributed by atoms with van der Waals surface area (Å²) in [5, 5.41) is 0. The molecule has 2 heterocycles. The third kappa shape index (κ3) is 2.93. The lowest BCUT2D eigenvalue weighted by atomic mass is 10.1. The molecule has 1 aliphatic heterocycles. The van der Waals surface area contributed by atoms with Crippen LogP contribution in [0.1, 0.15) is 53.4 Å². The lowest BCUT2D eigenvalue weighted by molar-refractivity contribution is 0.0728. The van der Waals surface area contributed by atoms with Gasteiger partial charge in [-0.05, 0) is 31.2 Å². The van der Waals surface area contributed by atoms with E-state index in [1.807, 2.05) is 23.1 Å². The average molecular weight is 308 g/mol. The van der Waals surface area contributed by atoms with Crippen molar-refractivity contribution in [1.82, 2.24) is 9.88 Å². The van der Waals surface area contributed by atoms with E-state index in [2.05, 4.69) is 29.3 Å². The Balaban J connectivity index is 1.52. The molecule has 1 atom stereocenters. The molecule has 1 amide bonds. The van der Waals surface area contributed by atoms with Crippen molar-refractivity contribution in [3.8, 4) is 0 Å². The highest BCUT2D eigenvalue weighted by Crippen LogP contribution is 2.41. The van der Waals surface area contributed by atoms with E-state index < -0.39 is 0 Å². The van der Waals surface area contributed by atoms with E-state index in [4.69, 9.17) is 4.42 Å². The quantitative estimate of drug-likeness (QED) is 0.861. The van der Waals surface area contributed by atoms with Gasteiger partial charge >= 0.3 is 0 Å². The fraction of sp³-hybridized carbons (Fsp3) is 0.368. The van der Waals surface area contributed by atoms with E-state index in [0.717, 1.165) is 43.5 Å². The number of hydrogen-bond donors (Lipinski definition) is 0. The second-order valence-electron chi connectivity index (χ2n) is 6.32. The third-order valence-electron chi connectivity index (χ3n) is 4.62. The molecule has 2 aliphatic rings. The van der Waals surface area contributed by atoms with E-state index in [1.54, 1.807) is 0 Å². The molecule has 2 fully saturated rings. The van der Waals surface area contributed by atoms with Gasteiger partial charge in [-0.1, -0.05) is 42.5 Å². The molecule has 4 heteroatoms. The number of likely N-dealkylation sites (tertiary alicyclic amines) is 1. The van der Waals surface area contributed by atoms with E-state index >= 15 is 0 Å². The van der Waals surface area contributed by atoms with Gasteiger partial charge in [-0.2, -0.15) is 0 Å². The molecule has 23 heavy (non-hydrogen) atoms. The van der Waals surface area contributed by atoms with E-state index in [-0.39, 0.29) is 11.9 Å². The summed E-state index contributed by atoms with van der Waals surface area (Å²) in [6.07, 6.45) is 9.90. The highest BCUT2D eigenvalue weighted by molar-refractivity contribution is 5.93. The molecule has 2 aromatic rings. The number of hydrogen-bond acceptors (Lipinski definition) is 3. The Kier molecular flexibility index (Phi) is 3.74. The molecule has 1 aliphatic carbocycles. The first-order valence-corrected chi connectivity index (χ1v) is 8.30. The molecular formula is C19H20N2O2. The van der Waals surface area contributed by atoms with Gasteiger partial charge in [0.05, 0.1) is 11.7 Å². The van der Waals surface area contributed by atoms with E-state index in [9.17, 15) is 4.79 Å². The van der Waals surface area contributed by atoms with E-state index in [1.165, 1.54) is 6.39 Å². The van der Waals surface area contributed by atoms with Gasteiger partial charge in [0.25, 0.3) is 5.91 Å². The highest BCUT2D eigenvalue weighted by Gasteiger charge is 2.36. The molecule has 0 N–H and O–H groups in total. The lowest BCUT2D eigenvalue weighted by Gasteiger charge is -2.21. The van der Waals surface area contributed by atoms with Crippen LogP contribution in [0.3, 0.4) is 0 Å². The Labute approximate surface area is 135 Å². The van der Waals surface area contributed by atoms with Crippen LogP contribution in [0.25, 0.3) is 6.08 Å². The molecular weight excluding hydrogens is 288 g/mol. The molecule has 1 aromatic heterocycles. The second-order valence-corrected chi connectivity index (χ2v) is 6.32. The van der Waals surface area contributed by atoms with Crippen molar-refractivity contribution in [1.29, 1.82) is 0 Å². The van der Waals surface area contributed by atoms with Gasteiger partial charge in [0, 0.05) is 12.5 Å². The maximum Gasteiger partial charge on any atom is 0.292 e. The topological polar surface area (TPSA) is 46.3 Å². The average Bonchev–Trinajstić information content (AvgIpc) is 3.13. The first-order chi connectivity index (χ1) is 11.3. The summed E-state index contributed by atoms with van der Waals surface area (Å²) in [5.41, 5.74) is 2.01. The summed E-state index contributed by atoms with van der Waals surface area (Å²) >= 11 is 0. The first-order valence-electron chi connectivity index (χ1n) is 8.30. The van der Waals surface area contributed by atoms with Crippen LogP contribution in [-0.4, -0.2) is 28.4 Å². The zero-order valence-corrected chi connectivity index (χ0v) is 13.0. The van der Waals surface area contributed by atoms with Crippen LogP contribution in [0.4, 0.5) is 0 Å². The van der Waals surface area contributed by atoms with Gasteiger partial charge in [0.2, 0.25) is 5.76 Å². The highest BCUT2D eigenvalue weighted by atomic mass is 16.3. The fourth-order valence-corrected chi connectivity index (χ4v) is 3.22. The monoisotopic (exact) mass is 308 g/mol. The maximum atomic E-state index is 12.8. The normalized spacial score (nSPS) is 21.2. The molecule has 1 saturated heterocycles. The summed E-state index contributed by atoms with van der Waals surface area (Å²) in [5.74, 6) is 0.866. The van der Waals surface area contributed by atoms with Gasteiger partial charge < -0.3 is 9.32 Å². The molecule has 0 bridgehead atoms. The number of oxazole rings is 1. The smallest absolute Gasteiger partial charge is 0.292 e. The molecule has 1 saturated carbocycles. The van der Waals surface area contributed by atoms with Crippen LogP contribution in [-0.2, 0) is 0 Å². The fourth-order valence-electron chi connectivity index (χ4n) is 3.22. The van der Waals surface area contributed by atoms with Gasteiger partial charge in [0.1, 0.15) is 0 Å². The number of benzene rings is 1. The molecule has 0 radical (unpaired) electrons. The molecule has 118 valence electrons. The minimum Gasteiger partial charge on any atom is -0.438 e. The summed E-state index contributed by atoms with van der Waals surface area (Å²) in [4.78, 5) is 19.0. The molecule has 0 spiro atoms. The summed E-state index contributed by atoms with van der Waals surface area (Å²) in [7, 11) is 0. The lowest BCUT2D eigenvalue weighted by Crippen LogP contribution is -2.34. The minimum absolute atomic E-state index is 0.00962. The zero-order valence-electron chi connectivity index (χ0n) is 13.0. The predicted molar refractivity (Wildman–Crippen MR) is 88.0 cm³/mol. The van der Waals surface area contributed by atoms with E-state index in [0.29, 0.717) is 11.7 Å². The van der Waals surface area contributed by atoms with Crippen molar-refractivity contribution >= 4 is 12.0 Å². The van der Waals surface area contributed by atoms with Crippen molar-refractivity contribution < 1.29 is 9.21 Å². The number of carbonyl (C=O) groups is 1. The Hall–Kier alpha value is -2.36. The SMILES string of the molecule is O=C(c1ocnc1C1CC1)N1CCCC1/C=C/c1ccccc1. The van der Waals surface area contributed by atoms with Crippen LogP contribution in [0, 0.1) is 0 Å². The number of amides is 1. The number of carbonyl (C=O) groups excluding carboxylic acids is 1. The van der Waals surface area contributed by atoms with Crippen LogP contribution in [0.2, 0.25) is 0 Å². The Morgan fingerprint density at radius 1 is 1.22 bits per heavy atom. The van der Waals surface area contributed by atoms with Crippen molar-refractivity contribution in [2.24, 2.45) is 0 Å². The molecule has 4 nitrogen and oxygen atoms in total. The van der Waals surface area contributed by atoms with Gasteiger partial charge in [-0.3, -0.25) is 4.79 Å². The molecule has 4 rings (SSSR count). The third-order valence-corrected chi connectivity index (χ3v) is 4.62. The Bertz CT molecular complexity index is 716. The summed E-state index contributed by atoms with van der Waals surface area (Å²) in [6, 6.07) is 10.3. The minimum atomic E-state index is -0.00962. The first kappa shape index (κ1) is 14.2. The predicted octanol–water partition coefficient (Wildman–Crippen LogP) is 3.87. The van der Waals surface area contributed by atoms with Crippen molar-refractivity contribution in [2.45, 2.75) is 37.6 Å².